The van der Waals surface area contributed by atoms with Gasteiger partial charge in [-0.15, -0.1) is 0 Å². The number of nitrogens with zero attached hydrogens (tertiary/aromatic N) is 3. The zero-order valence-electron chi connectivity index (χ0n) is 12.0. The van der Waals surface area contributed by atoms with E-state index in [2.05, 4.69) is 9.97 Å². The van der Waals surface area contributed by atoms with Crippen LogP contribution >= 0.6 is 0 Å². The smallest absolute Gasteiger partial charge is 0.311 e. The topological polar surface area (TPSA) is 75.5 Å². The zero-order valence-corrected chi connectivity index (χ0v) is 12.0. The molecule has 0 spiro atoms. The Morgan fingerprint density at radius 1 is 1.55 bits per heavy atom. The van der Waals surface area contributed by atoms with Crippen molar-refractivity contribution in [1.29, 1.82) is 0 Å². The number of piperidine rings is 1. The molecule has 20 heavy (non-hydrogen) atoms. The first-order valence-electron chi connectivity index (χ1n) is 6.98. The maximum atomic E-state index is 11.4. The Kier molecular flexibility index (Phi) is 4.42. The molecule has 6 heteroatoms. The lowest BCUT2D eigenvalue weighted by atomic mass is 9.82. The van der Waals surface area contributed by atoms with Gasteiger partial charge in [-0.1, -0.05) is 6.92 Å². The molecule has 1 atom stereocenters. The molecular formula is C14H21N3O3. The van der Waals surface area contributed by atoms with Crippen molar-refractivity contribution in [3.05, 3.63) is 12.4 Å². The molecule has 1 fully saturated rings. The lowest BCUT2D eigenvalue weighted by Gasteiger charge is -2.38. The van der Waals surface area contributed by atoms with Crippen molar-refractivity contribution >= 4 is 11.8 Å². The van der Waals surface area contributed by atoms with Crippen LogP contribution in [0.2, 0.25) is 0 Å². The molecule has 1 aromatic rings. The van der Waals surface area contributed by atoms with Crippen LogP contribution in [-0.4, -0.2) is 40.7 Å². The van der Waals surface area contributed by atoms with Crippen LogP contribution in [0.1, 0.15) is 33.1 Å². The largest absolute Gasteiger partial charge is 0.481 e. The van der Waals surface area contributed by atoms with Crippen molar-refractivity contribution in [3.63, 3.8) is 0 Å². The van der Waals surface area contributed by atoms with Gasteiger partial charge >= 0.3 is 5.97 Å². The summed E-state index contributed by atoms with van der Waals surface area (Å²) in [7, 11) is 0. The standard InChI is InChI=1S/C14H21N3O3/c1-3-7-20-12-8-11(15-10-16-12)17-6-4-5-14(2,9-17)13(18)19/h8,10H,3-7,9H2,1-2H3,(H,18,19). The molecule has 1 aromatic heterocycles. The van der Waals surface area contributed by atoms with Crippen LogP contribution in [0.5, 0.6) is 5.88 Å². The molecule has 1 saturated heterocycles. The molecular weight excluding hydrogens is 258 g/mol. The summed E-state index contributed by atoms with van der Waals surface area (Å²) in [6, 6.07) is 1.78. The SMILES string of the molecule is CCCOc1cc(N2CCCC(C)(C(=O)O)C2)ncn1. The quantitative estimate of drug-likeness (QED) is 0.888. The number of carbonyl (C=O) groups is 1. The van der Waals surface area contributed by atoms with Crippen molar-refractivity contribution in [1.82, 2.24) is 9.97 Å². The number of hydrogen-bond donors (Lipinski definition) is 1. The third kappa shape index (κ3) is 3.18. The molecule has 1 aliphatic rings. The summed E-state index contributed by atoms with van der Waals surface area (Å²) in [6.45, 7) is 5.71. The van der Waals surface area contributed by atoms with Crippen molar-refractivity contribution in [2.75, 3.05) is 24.6 Å². The predicted octanol–water partition coefficient (Wildman–Crippen LogP) is 1.96. The van der Waals surface area contributed by atoms with Gasteiger partial charge in [-0.2, -0.15) is 0 Å². The molecule has 0 aromatic carbocycles. The zero-order chi connectivity index (χ0) is 14.6. The summed E-state index contributed by atoms with van der Waals surface area (Å²) in [6.07, 6.45) is 3.92. The Labute approximate surface area is 118 Å². The summed E-state index contributed by atoms with van der Waals surface area (Å²) < 4.78 is 5.49. The predicted molar refractivity (Wildman–Crippen MR) is 75.0 cm³/mol. The average Bonchev–Trinajstić information content (AvgIpc) is 2.45. The maximum absolute atomic E-state index is 11.4. The third-order valence-corrected chi connectivity index (χ3v) is 3.62. The van der Waals surface area contributed by atoms with E-state index in [1.165, 1.54) is 6.33 Å². The second-order valence-electron chi connectivity index (χ2n) is 5.45. The first kappa shape index (κ1) is 14.6. The van der Waals surface area contributed by atoms with E-state index < -0.39 is 11.4 Å². The Bertz CT molecular complexity index is 480. The van der Waals surface area contributed by atoms with Crippen molar-refractivity contribution in [2.24, 2.45) is 5.41 Å². The first-order chi connectivity index (χ1) is 9.55. The molecule has 2 heterocycles. The number of carboxylic acid groups (broad SMARTS) is 1. The Hall–Kier alpha value is -1.85. The normalized spacial score (nSPS) is 22.6. The second kappa shape index (κ2) is 6.07. The summed E-state index contributed by atoms with van der Waals surface area (Å²) in [4.78, 5) is 21.7. The van der Waals surface area contributed by atoms with E-state index in [-0.39, 0.29) is 0 Å². The monoisotopic (exact) mass is 279 g/mol. The maximum Gasteiger partial charge on any atom is 0.311 e. The summed E-state index contributed by atoms with van der Waals surface area (Å²) >= 11 is 0. The third-order valence-electron chi connectivity index (χ3n) is 3.62. The van der Waals surface area contributed by atoms with Crippen molar-refractivity contribution < 1.29 is 14.6 Å². The minimum atomic E-state index is -0.751. The number of ether oxygens (including phenoxy) is 1. The van der Waals surface area contributed by atoms with Crippen molar-refractivity contribution in [2.45, 2.75) is 33.1 Å². The fourth-order valence-electron chi connectivity index (χ4n) is 2.40. The number of aromatic nitrogens is 2. The van der Waals surface area contributed by atoms with E-state index in [1.54, 1.807) is 13.0 Å². The van der Waals surface area contributed by atoms with Crippen LogP contribution in [0.15, 0.2) is 12.4 Å². The number of rotatable bonds is 5. The molecule has 0 amide bonds. The van der Waals surface area contributed by atoms with Gasteiger partial charge in [-0.3, -0.25) is 4.79 Å². The van der Waals surface area contributed by atoms with Gasteiger partial charge in [0, 0.05) is 19.2 Å². The summed E-state index contributed by atoms with van der Waals surface area (Å²) in [5, 5.41) is 9.35. The van der Waals surface area contributed by atoms with Crippen molar-refractivity contribution in [3.8, 4) is 5.88 Å². The number of aliphatic carboxylic acids is 1. The highest BCUT2D eigenvalue weighted by Gasteiger charge is 2.38. The second-order valence-corrected chi connectivity index (χ2v) is 5.45. The summed E-state index contributed by atoms with van der Waals surface area (Å²) in [5.41, 5.74) is -0.715. The van der Waals surface area contributed by atoms with Crippen LogP contribution < -0.4 is 9.64 Å². The van der Waals surface area contributed by atoms with E-state index in [9.17, 15) is 9.90 Å². The van der Waals surface area contributed by atoms with E-state index >= 15 is 0 Å². The minimum Gasteiger partial charge on any atom is -0.481 e. The van der Waals surface area contributed by atoms with E-state index in [1.807, 2.05) is 11.8 Å². The molecule has 2 rings (SSSR count). The van der Waals surface area contributed by atoms with Gasteiger partial charge in [0.25, 0.3) is 0 Å². The molecule has 0 bridgehead atoms. The molecule has 0 saturated carbocycles. The molecule has 6 nitrogen and oxygen atoms in total. The Morgan fingerprint density at radius 2 is 2.35 bits per heavy atom. The highest BCUT2D eigenvalue weighted by atomic mass is 16.5. The van der Waals surface area contributed by atoms with Gasteiger partial charge in [0.1, 0.15) is 12.1 Å². The number of hydrogen-bond acceptors (Lipinski definition) is 5. The lowest BCUT2D eigenvalue weighted by Crippen LogP contribution is -2.46. The lowest BCUT2D eigenvalue weighted by molar-refractivity contribution is -0.148. The molecule has 0 aliphatic carbocycles. The number of anilines is 1. The molecule has 1 N–H and O–H groups in total. The Balaban J connectivity index is 2.12. The fraction of sp³-hybridized carbons (Fsp3) is 0.643. The van der Waals surface area contributed by atoms with Crippen LogP contribution in [0.4, 0.5) is 5.82 Å². The van der Waals surface area contributed by atoms with Crippen LogP contribution in [0.3, 0.4) is 0 Å². The Morgan fingerprint density at radius 3 is 3.05 bits per heavy atom. The molecule has 1 unspecified atom stereocenters. The first-order valence-corrected chi connectivity index (χ1v) is 6.98. The molecule has 1 aliphatic heterocycles. The van der Waals surface area contributed by atoms with Gasteiger partial charge in [0.15, 0.2) is 0 Å². The number of carboxylic acids is 1. The summed E-state index contributed by atoms with van der Waals surface area (Å²) in [5.74, 6) is 0.524. The van der Waals surface area contributed by atoms with Crippen LogP contribution in [-0.2, 0) is 4.79 Å². The average molecular weight is 279 g/mol. The highest BCUT2D eigenvalue weighted by molar-refractivity contribution is 5.75. The van der Waals surface area contributed by atoms with E-state index in [0.29, 0.717) is 25.5 Å². The fourth-order valence-corrected chi connectivity index (χ4v) is 2.40. The highest BCUT2D eigenvalue weighted by Crippen LogP contribution is 2.32. The van der Waals surface area contributed by atoms with E-state index in [0.717, 1.165) is 25.2 Å². The van der Waals surface area contributed by atoms with Gasteiger partial charge in [0.2, 0.25) is 5.88 Å². The molecule has 0 radical (unpaired) electrons. The van der Waals surface area contributed by atoms with E-state index in [4.69, 9.17) is 4.74 Å². The van der Waals surface area contributed by atoms with Crippen LogP contribution in [0, 0.1) is 5.41 Å². The van der Waals surface area contributed by atoms with Gasteiger partial charge < -0.3 is 14.7 Å². The minimum absolute atomic E-state index is 0.465. The van der Waals surface area contributed by atoms with Crippen LogP contribution in [0.25, 0.3) is 0 Å². The van der Waals surface area contributed by atoms with Gasteiger partial charge in [-0.25, -0.2) is 9.97 Å². The van der Waals surface area contributed by atoms with Gasteiger partial charge in [-0.05, 0) is 26.2 Å². The molecule has 110 valence electrons. The van der Waals surface area contributed by atoms with Gasteiger partial charge in [0.05, 0.1) is 12.0 Å².